The van der Waals surface area contributed by atoms with Gasteiger partial charge in [-0.25, -0.2) is 4.39 Å². The van der Waals surface area contributed by atoms with Gasteiger partial charge in [0.15, 0.2) is 0 Å². The molecule has 0 bridgehead atoms. The van der Waals surface area contributed by atoms with Gasteiger partial charge in [0.2, 0.25) is 5.91 Å². The molecule has 0 aromatic heterocycles. The monoisotopic (exact) mass is 420 g/mol. The third kappa shape index (κ3) is 3.96. The number of benzene rings is 3. The number of amides is 2. The number of nitrogens with zero attached hydrogens (tertiary/aromatic N) is 1. The molecule has 0 aliphatic carbocycles. The van der Waals surface area contributed by atoms with Crippen LogP contribution in [0.1, 0.15) is 32.4 Å². The molecule has 6 heteroatoms. The molecule has 3 aromatic rings. The van der Waals surface area contributed by atoms with Gasteiger partial charge in [-0.05, 0) is 49.7 Å². The molecular weight excluding hydrogens is 399 g/mol. The van der Waals surface area contributed by atoms with E-state index in [4.69, 9.17) is 0 Å². The van der Waals surface area contributed by atoms with Crippen LogP contribution in [0.5, 0.6) is 0 Å². The van der Waals surface area contributed by atoms with E-state index in [-0.39, 0.29) is 16.8 Å². The Morgan fingerprint density at radius 1 is 1.07 bits per heavy atom. The number of nitrogens with one attached hydrogen (secondary N) is 1. The van der Waals surface area contributed by atoms with E-state index in [1.54, 1.807) is 17.0 Å². The Kier molecular flexibility index (Phi) is 5.59. The largest absolute Gasteiger partial charge is 0.322 e. The van der Waals surface area contributed by atoms with Gasteiger partial charge >= 0.3 is 0 Å². The molecule has 0 saturated carbocycles. The Labute approximate surface area is 179 Å². The summed E-state index contributed by atoms with van der Waals surface area (Å²) in [5.74, 6) is -0.462. The van der Waals surface area contributed by atoms with E-state index < -0.39 is 11.7 Å². The van der Waals surface area contributed by atoms with Gasteiger partial charge in [-0.15, -0.1) is 11.8 Å². The van der Waals surface area contributed by atoms with Gasteiger partial charge in [0.1, 0.15) is 11.2 Å². The fraction of sp³-hybridized carbons (Fsp3) is 0.167. The minimum atomic E-state index is -0.464. The van der Waals surface area contributed by atoms with E-state index in [1.807, 2.05) is 44.2 Å². The maximum Gasteiger partial charge on any atom is 0.255 e. The first-order chi connectivity index (χ1) is 14.4. The SMILES string of the molecule is Cc1ccc(N2C(=O)CS[C@@H]2c2ccccc2NC(=O)c2cccc(F)c2)c(C)c1. The molecular formula is C24H21FN2O2S. The van der Waals surface area contributed by atoms with Crippen molar-refractivity contribution >= 4 is 35.0 Å². The molecule has 1 saturated heterocycles. The number of para-hydroxylation sites is 1. The van der Waals surface area contributed by atoms with Crippen LogP contribution in [0.2, 0.25) is 0 Å². The standard InChI is InChI=1S/C24H21FN2O2S/c1-15-10-11-21(16(2)12-15)27-22(28)14-30-24(27)19-8-3-4-9-20(19)26-23(29)17-6-5-7-18(25)13-17/h3-13,24H,14H2,1-2H3,(H,26,29)/t24-/m1/s1. The summed E-state index contributed by atoms with van der Waals surface area (Å²) in [6, 6.07) is 19.0. The summed E-state index contributed by atoms with van der Waals surface area (Å²) in [4.78, 5) is 27.2. The summed E-state index contributed by atoms with van der Waals surface area (Å²) in [6.07, 6.45) is 0. The van der Waals surface area contributed by atoms with Gasteiger partial charge in [0.05, 0.1) is 5.75 Å². The lowest BCUT2D eigenvalue weighted by molar-refractivity contribution is -0.115. The molecule has 2 amide bonds. The number of carbonyl (C=O) groups is 2. The predicted octanol–water partition coefficient (Wildman–Crippen LogP) is 5.47. The first-order valence-electron chi connectivity index (χ1n) is 9.61. The Bertz CT molecular complexity index is 1130. The lowest BCUT2D eigenvalue weighted by atomic mass is 10.1. The maximum absolute atomic E-state index is 13.5. The van der Waals surface area contributed by atoms with Crippen molar-refractivity contribution < 1.29 is 14.0 Å². The summed E-state index contributed by atoms with van der Waals surface area (Å²) in [7, 11) is 0. The molecule has 4 rings (SSSR count). The van der Waals surface area contributed by atoms with E-state index in [0.29, 0.717) is 11.4 Å². The minimum absolute atomic E-state index is 0.0308. The molecule has 0 radical (unpaired) electrons. The van der Waals surface area contributed by atoms with Crippen LogP contribution in [0.15, 0.2) is 66.7 Å². The topological polar surface area (TPSA) is 49.4 Å². The predicted molar refractivity (Wildman–Crippen MR) is 119 cm³/mol. The highest BCUT2D eigenvalue weighted by atomic mass is 32.2. The Morgan fingerprint density at radius 2 is 1.87 bits per heavy atom. The van der Waals surface area contributed by atoms with Crippen LogP contribution < -0.4 is 10.2 Å². The van der Waals surface area contributed by atoms with Gasteiger partial charge in [-0.1, -0.05) is 42.0 Å². The van der Waals surface area contributed by atoms with Gasteiger partial charge < -0.3 is 5.32 Å². The highest BCUT2D eigenvalue weighted by Gasteiger charge is 2.36. The molecule has 0 unspecified atom stereocenters. The van der Waals surface area contributed by atoms with E-state index in [0.717, 1.165) is 22.4 Å². The zero-order valence-electron chi connectivity index (χ0n) is 16.7. The highest BCUT2D eigenvalue weighted by Crippen LogP contribution is 2.45. The Hall–Kier alpha value is -3.12. The smallest absolute Gasteiger partial charge is 0.255 e. The van der Waals surface area contributed by atoms with Crippen LogP contribution in [0.4, 0.5) is 15.8 Å². The van der Waals surface area contributed by atoms with Crippen molar-refractivity contribution in [2.45, 2.75) is 19.2 Å². The number of hydrogen-bond donors (Lipinski definition) is 1. The van der Waals surface area contributed by atoms with Crippen molar-refractivity contribution in [3.8, 4) is 0 Å². The molecule has 4 nitrogen and oxygen atoms in total. The number of hydrogen-bond acceptors (Lipinski definition) is 3. The van der Waals surface area contributed by atoms with Crippen LogP contribution >= 0.6 is 11.8 Å². The number of halogens is 1. The van der Waals surface area contributed by atoms with Crippen molar-refractivity contribution in [2.75, 3.05) is 16.0 Å². The summed E-state index contributed by atoms with van der Waals surface area (Å²) in [6.45, 7) is 4.01. The van der Waals surface area contributed by atoms with E-state index in [2.05, 4.69) is 11.4 Å². The second-order valence-corrected chi connectivity index (χ2v) is 8.34. The third-order valence-corrected chi connectivity index (χ3v) is 6.24. The molecule has 30 heavy (non-hydrogen) atoms. The Balaban J connectivity index is 1.68. The van der Waals surface area contributed by atoms with Crippen molar-refractivity contribution in [1.82, 2.24) is 0 Å². The van der Waals surface area contributed by atoms with Crippen molar-refractivity contribution in [3.63, 3.8) is 0 Å². The molecule has 1 N–H and O–H groups in total. The number of carbonyl (C=O) groups excluding carboxylic acids is 2. The average Bonchev–Trinajstić information content (AvgIpc) is 3.09. The molecule has 1 heterocycles. The molecule has 1 fully saturated rings. The zero-order valence-corrected chi connectivity index (χ0v) is 17.5. The number of rotatable bonds is 4. The van der Waals surface area contributed by atoms with E-state index in [1.165, 1.54) is 30.0 Å². The second-order valence-electron chi connectivity index (χ2n) is 7.27. The normalized spacial score (nSPS) is 16.0. The molecule has 0 spiro atoms. The van der Waals surface area contributed by atoms with Crippen molar-refractivity contribution in [2.24, 2.45) is 0 Å². The lowest BCUT2D eigenvalue weighted by Gasteiger charge is -2.27. The van der Waals surface area contributed by atoms with E-state index >= 15 is 0 Å². The highest BCUT2D eigenvalue weighted by molar-refractivity contribution is 8.00. The molecule has 1 atom stereocenters. The number of thioether (sulfide) groups is 1. The minimum Gasteiger partial charge on any atom is -0.322 e. The van der Waals surface area contributed by atoms with Gasteiger partial charge in [0, 0.05) is 22.5 Å². The summed E-state index contributed by atoms with van der Waals surface area (Å²) < 4.78 is 13.5. The molecule has 1 aliphatic rings. The van der Waals surface area contributed by atoms with Gasteiger partial charge in [-0.2, -0.15) is 0 Å². The second kappa shape index (κ2) is 8.32. The third-order valence-electron chi connectivity index (χ3n) is 5.04. The molecule has 1 aliphatic heterocycles. The maximum atomic E-state index is 13.5. The van der Waals surface area contributed by atoms with Gasteiger partial charge in [0.25, 0.3) is 5.91 Å². The average molecular weight is 421 g/mol. The van der Waals surface area contributed by atoms with Crippen LogP contribution in [0.25, 0.3) is 0 Å². The Morgan fingerprint density at radius 3 is 2.63 bits per heavy atom. The summed E-state index contributed by atoms with van der Waals surface area (Å²) in [5, 5.41) is 2.62. The lowest BCUT2D eigenvalue weighted by Crippen LogP contribution is -2.29. The van der Waals surface area contributed by atoms with E-state index in [9.17, 15) is 14.0 Å². The zero-order chi connectivity index (χ0) is 21.3. The fourth-order valence-corrected chi connectivity index (χ4v) is 4.85. The van der Waals surface area contributed by atoms with Crippen molar-refractivity contribution in [3.05, 3.63) is 94.8 Å². The first kappa shape index (κ1) is 20.2. The van der Waals surface area contributed by atoms with Gasteiger partial charge in [-0.3, -0.25) is 14.5 Å². The molecule has 3 aromatic carbocycles. The van der Waals surface area contributed by atoms with Crippen LogP contribution in [-0.2, 0) is 4.79 Å². The van der Waals surface area contributed by atoms with Crippen molar-refractivity contribution in [1.29, 1.82) is 0 Å². The van der Waals surface area contributed by atoms with Crippen LogP contribution in [-0.4, -0.2) is 17.6 Å². The van der Waals surface area contributed by atoms with Crippen LogP contribution in [0, 0.1) is 19.7 Å². The number of anilines is 2. The fourth-order valence-electron chi connectivity index (χ4n) is 3.64. The summed E-state index contributed by atoms with van der Waals surface area (Å²) >= 11 is 1.52. The first-order valence-corrected chi connectivity index (χ1v) is 10.7. The van der Waals surface area contributed by atoms with Crippen LogP contribution in [0.3, 0.4) is 0 Å². The quantitative estimate of drug-likeness (QED) is 0.609. The summed E-state index contributed by atoms with van der Waals surface area (Å²) in [5.41, 5.74) is 4.71. The molecule has 152 valence electrons. The number of aryl methyl sites for hydroxylation is 2.